The lowest BCUT2D eigenvalue weighted by Crippen LogP contribution is -2.48. The Morgan fingerprint density at radius 2 is 2.29 bits per heavy atom. The van der Waals surface area contributed by atoms with Gasteiger partial charge in [0.25, 0.3) is 0 Å². The summed E-state index contributed by atoms with van der Waals surface area (Å²) in [6.07, 6.45) is 3.44. The lowest BCUT2D eigenvalue weighted by molar-refractivity contribution is -0.0911. The second-order valence-electron chi connectivity index (χ2n) is 4.03. The van der Waals surface area contributed by atoms with Crippen LogP contribution >= 0.6 is 11.3 Å². The Balaban J connectivity index is 2.22. The van der Waals surface area contributed by atoms with Crippen LogP contribution in [-0.4, -0.2) is 12.7 Å². The van der Waals surface area contributed by atoms with E-state index in [2.05, 4.69) is 18.4 Å². The lowest BCUT2D eigenvalue weighted by atomic mass is 9.72. The van der Waals surface area contributed by atoms with Gasteiger partial charge in [0.15, 0.2) is 0 Å². The van der Waals surface area contributed by atoms with Gasteiger partial charge in [0, 0.05) is 12.0 Å². The van der Waals surface area contributed by atoms with Crippen molar-refractivity contribution in [3.63, 3.8) is 0 Å². The monoisotopic (exact) mass is 211 g/mol. The first-order valence-electron chi connectivity index (χ1n) is 5.04. The van der Waals surface area contributed by atoms with Gasteiger partial charge in [0.05, 0.1) is 11.6 Å². The summed E-state index contributed by atoms with van der Waals surface area (Å²) in [6.45, 7) is 2.13. The van der Waals surface area contributed by atoms with Crippen LogP contribution in [0.5, 0.6) is 0 Å². The van der Waals surface area contributed by atoms with Gasteiger partial charge in [-0.05, 0) is 43.2 Å². The Hall–Kier alpha value is -0.380. The molecule has 0 spiro atoms. The normalized spacial score (nSPS) is 21.6. The molecule has 0 amide bonds. The molecule has 14 heavy (non-hydrogen) atoms. The third-order valence-electron chi connectivity index (χ3n) is 3.41. The molecule has 0 bridgehead atoms. The maximum absolute atomic E-state index is 6.27. The number of aryl methyl sites for hydroxylation is 1. The van der Waals surface area contributed by atoms with Gasteiger partial charge < -0.3 is 10.5 Å². The molecule has 0 aliphatic heterocycles. The summed E-state index contributed by atoms with van der Waals surface area (Å²) in [4.78, 5) is 1.32. The minimum Gasteiger partial charge on any atom is -0.376 e. The smallest absolute Gasteiger partial charge is 0.0870 e. The second-order valence-corrected chi connectivity index (χ2v) is 5.15. The minimum atomic E-state index is -0.0775. The van der Waals surface area contributed by atoms with Crippen LogP contribution < -0.4 is 5.73 Å². The average Bonchev–Trinajstić information content (AvgIpc) is 2.50. The summed E-state index contributed by atoms with van der Waals surface area (Å²) in [5.41, 5.74) is 7.46. The highest BCUT2D eigenvalue weighted by molar-refractivity contribution is 7.10. The Kier molecular flexibility index (Phi) is 2.64. The topological polar surface area (TPSA) is 35.2 Å². The van der Waals surface area contributed by atoms with Crippen LogP contribution in [0.15, 0.2) is 11.4 Å². The third kappa shape index (κ3) is 1.40. The summed E-state index contributed by atoms with van der Waals surface area (Å²) < 4.78 is 5.59. The zero-order valence-electron chi connectivity index (χ0n) is 8.75. The number of hydrogen-bond acceptors (Lipinski definition) is 3. The first kappa shape index (κ1) is 10.1. The van der Waals surface area contributed by atoms with Crippen LogP contribution in [0.4, 0.5) is 0 Å². The van der Waals surface area contributed by atoms with Crippen molar-refractivity contribution in [1.82, 2.24) is 0 Å². The van der Waals surface area contributed by atoms with E-state index in [0.29, 0.717) is 0 Å². The molecule has 1 atom stereocenters. The molecule has 1 unspecified atom stereocenters. The summed E-state index contributed by atoms with van der Waals surface area (Å²) >= 11 is 1.76. The van der Waals surface area contributed by atoms with Crippen molar-refractivity contribution in [2.45, 2.75) is 37.8 Å². The van der Waals surface area contributed by atoms with Crippen LogP contribution in [0.2, 0.25) is 0 Å². The molecule has 0 radical (unpaired) electrons. The molecule has 1 aliphatic rings. The van der Waals surface area contributed by atoms with Gasteiger partial charge in [-0.25, -0.2) is 0 Å². The number of nitrogens with two attached hydrogens (primary N) is 1. The van der Waals surface area contributed by atoms with Crippen molar-refractivity contribution in [3.8, 4) is 0 Å². The molecule has 1 saturated carbocycles. The largest absolute Gasteiger partial charge is 0.376 e. The molecule has 3 heteroatoms. The van der Waals surface area contributed by atoms with Crippen LogP contribution in [0, 0.1) is 6.92 Å². The fraction of sp³-hybridized carbons (Fsp3) is 0.636. The van der Waals surface area contributed by atoms with Gasteiger partial charge in [-0.3, -0.25) is 0 Å². The number of methoxy groups -OCH3 is 1. The molecule has 0 saturated heterocycles. The minimum absolute atomic E-state index is 0.0486. The van der Waals surface area contributed by atoms with Crippen LogP contribution in [0.1, 0.15) is 35.7 Å². The fourth-order valence-corrected chi connectivity index (χ4v) is 2.92. The first-order chi connectivity index (χ1) is 6.69. The van der Waals surface area contributed by atoms with E-state index in [1.165, 1.54) is 16.9 Å². The Morgan fingerprint density at radius 3 is 2.64 bits per heavy atom. The second kappa shape index (κ2) is 3.65. The molecular formula is C11H17NOS. The van der Waals surface area contributed by atoms with E-state index in [1.807, 2.05) is 0 Å². The van der Waals surface area contributed by atoms with E-state index in [1.54, 1.807) is 18.4 Å². The lowest BCUT2D eigenvalue weighted by Gasteiger charge is -2.45. The Bertz CT molecular complexity index is 311. The molecule has 1 aromatic rings. The highest BCUT2D eigenvalue weighted by atomic mass is 32.1. The summed E-state index contributed by atoms with van der Waals surface area (Å²) in [5.74, 6) is 0. The molecule has 1 heterocycles. The SMILES string of the molecule is COC1(C(N)c2ccsc2C)CCC1. The summed E-state index contributed by atoms with van der Waals surface area (Å²) in [7, 11) is 1.78. The van der Waals surface area contributed by atoms with Crippen LogP contribution in [-0.2, 0) is 4.74 Å². The predicted molar refractivity (Wildman–Crippen MR) is 59.6 cm³/mol. The summed E-state index contributed by atoms with van der Waals surface area (Å²) in [5, 5.41) is 2.10. The number of ether oxygens (including phenoxy) is 1. The van der Waals surface area contributed by atoms with Gasteiger partial charge in [0.2, 0.25) is 0 Å². The summed E-state index contributed by atoms with van der Waals surface area (Å²) in [6, 6.07) is 2.18. The molecule has 2 N–H and O–H groups in total. The van der Waals surface area contributed by atoms with Crippen molar-refractivity contribution in [1.29, 1.82) is 0 Å². The molecular weight excluding hydrogens is 194 g/mol. The molecule has 1 aromatic heterocycles. The third-order valence-corrected chi connectivity index (χ3v) is 4.27. The molecule has 78 valence electrons. The van der Waals surface area contributed by atoms with Crippen molar-refractivity contribution < 1.29 is 4.74 Å². The maximum Gasteiger partial charge on any atom is 0.0870 e. The van der Waals surface area contributed by atoms with E-state index >= 15 is 0 Å². The zero-order chi connectivity index (χ0) is 10.2. The number of thiophene rings is 1. The molecule has 1 aliphatic carbocycles. The molecule has 1 fully saturated rings. The molecule has 2 nitrogen and oxygen atoms in total. The van der Waals surface area contributed by atoms with Gasteiger partial charge in [-0.15, -0.1) is 11.3 Å². The number of hydrogen-bond donors (Lipinski definition) is 1. The van der Waals surface area contributed by atoms with E-state index in [-0.39, 0.29) is 11.6 Å². The predicted octanol–water partition coefficient (Wildman–Crippen LogP) is 2.63. The van der Waals surface area contributed by atoms with Crippen molar-refractivity contribution >= 4 is 11.3 Å². The van der Waals surface area contributed by atoms with E-state index in [9.17, 15) is 0 Å². The van der Waals surface area contributed by atoms with Crippen molar-refractivity contribution in [3.05, 3.63) is 21.9 Å². The van der Waals surface area contributed by atoms with Gasteiger partial charge in [-0.2, -0.15) is 0 Å². The number of rotatable bonds is 3. The molecule has 2 rings (SSSR count). The standard InChI is InChI=1S/C11H17NOS/c1-8-9(4-7-14-8)10(12)11(13-2)5-3-6-11/h4,7,10H,3,5-6,12H2,1-2H3. The van der Waals surface area contributed by atoms with E-state index in [0.717, 1.165) is 12.8 Å². The fourth-order valence-electron chi connectivity index (χ4n) is 2.17. The molecule has 0 aromatic carbocycles. The average molecular weight is 211 g/mol. The van der Waals surface area contributed by atoms with Crippen molar-refractivity contribution in [2.24, 2.45) is 5.73 Å². The highest BCUT2D eigenvalue weighted by Crippen LogP contribution is 2.44. The first-order valence-corrected chi connectivity index (χ1v) is 5.92. The van der Waals surface area contributed by atoms with E-state index < -0.39 is 0 Å². The van der Waals surface area contributed by atoms with Gasteiger partial charge >= 0.3 is 0 Å². The van der Waals surface area contributed by atoms with Gasteiger partial charge in [-0.1, -0.05) is 0 Å². The Morgan fingerprint density at radius 1 is 1.57 bits per heavy atom. The van der Waals surface area contributed by atoms with Gasteiger partial charge in [0.1, 0.15) is 0 Å². The van der Waals surface area contributed by atoms with E-state index in [4.69, 9.17) is 10.5 Å². The Labute approximate surface area is 89.1 Å². The maximum atomic E-state index is 6.27. The highest BCUT2D eigenvalue weighted by Gasteiger charge is 2.43. The van der Waals surface area contributed by atoms with Crippen molar-refractivity contribution in [2.75, 3.05) is 7.11 Å². The van der Waals surface area contributed by atoms with Crippen LogP contribution in [0.25, 0.3) is 0 Å². The zero-order valence-corrected chi connectivity index (χ0v) is 9.56. The quantitative estimate of drug-likeness (QED) is 0.834. The van der Waals surface area contributed by atoms with Crippen LogP contribution in [0.3, 0.4) is 0 Å².